The predicted molar refractivity (Wildman–Crippen MR) is 66.3 cm³/mol. The Bertz CT molecular complexity index is 399. The summed E-state index contributed by atoms with van der Waals surface area (Å²) >= 11 is 0. The summed E-state index contributed by atoms with van der Waals surface area (Å²) in [5.41, 5.74) is 7.51. The molecule has 0 spiro atoms. The fraction of sp³-hybridized carbons (Fsp3) is 0.571. The summed E-state index contributed by atoms with van der Waals surface area (Å²) in [4.78, 5) is 0. The maximum atomic E-state index is 6.39. The average molecular weight is 233 g/mol. The van der Waals surface area contributed by atoms with Crippen LogP contribution in [0.3, 0.4) is 0 Å². The number of para-hydroxylation sites is 1. The van der Waals surface area contributed by atoms with E-state index in [1.54, 1.807) is 0 Å². The average Bonchev–Trinajstić information content (AvgIpc) is 2.91. The Balaban J connectivity index is 1.91. The molecule has 0 saturated heterocycles. The normalized spacial score (nSPS) is 21.5. The van der Waals surface area contributed by atoms with E-state index in [4.69, 9.17) is 15.2 Å². The van der Waals surface area contributed by atoms with E-state index in [1.165, 1.54) is 25.7 Å². The number of rotatable bonds is 2. The minimum atomic E-state index is 0.0918. The third-order valence-electron chi connectivity index (χ3n) is 3.86. The van der Waals surface area contributed by atoms with Gasteiger partial charge in [0.25, 0.3) is 0 Å². The molecule has 1 aliphatic heterocycles. The van der Waals surface area contributed by atoms with Crippen LogP contribution in [0.25, 0.3) is 0 Å². The van der Waals surface area contributed by atoms with Crippen molar-refractivity contribution in [2.75, 3.05) is 13.2 Å². The number of fused-ring (bicyclic) bond motifs is 1. The van der Waals surface area contributed by atoms with Crippen LogP contribution in [0.2, 0.25) is 0 Å². The van der Waals surface area contributed by atoms with E-state index < -0.39 is 0 Å². The van der Waals surface area contributed by atoms with Gasteiger partial charge < -0.3 is 15.2 Å². The molecule has 1 aromatic rings. The lowest BCUT2D eigenvalue weighted by atomic mass is 9.91. The minimum Gasteiger partial charge on any atom is -0.486 e. The molecule has 0 amide bonds. The second-order valence-corrected chi connectivity index (χ2v) is 4.94. The Kier molecular flexibility index (Phi) is 2.93. The third kappa shape index (κ3) is 2.00. The van der Waals surface area contributed by atoms with E-state index in [9.17, 15) is 0 Å². The Morgan fingerprint density at radius 1 is 1.12 bits per heavy atom. The lowest BCUT2D eigenvalue weighted by molar-refractivity contribution is 0.168. The van der Waals surface area contributed by atoms with Gasteiger partial charge in [-0.2, -0.15) is 0 Å². The summed E-state index contributed by atoms with van der Waals surface area (Å²) in [5.74, 6) is 2.33. The zero-order valence-electron chi connectivity index (χ0n) is 10.0. The second kappa shape index (κ2) is 4.57. The van der Waals surface area contributed by atoms with Crippen LogP contribution in [0.1, 0.15) is 37.3 Å². The molecule has 2 aliphatic rings. The van der Waals surface area contributed by atoms with Gasteiger partial charge in [0.2, 0.25) is 0 Å². The fourth-order valence-corrected chi connectivity index (χ4v) is 2.93. The standard InChI is InChI=1S/C14H19NO2/c15-13(10-4-1-2-5-10)11-6-3-7-12-14(11)17-9-8-16-12/h3,6-7,10,13H,1-2,4-5,8-9,15H2/t13-/m1/s1. The van der Waals surface area contributed by atoms with Crippen LogP contribution in [0.15, 0.2) is 18.2 Å². The molecule has 0 radical (unpaired) electrons. The zero-order valence-corrected chi connectivity index (χ0v) is 10.0. The first kappa shape index (κ1) is 10.9. The monoisotopic (exact) mass is 233 g/mol. The molecule has 2 N–H and O–H groups in total. The summed E-state index contributed by atoms with van der Waals surface area (Å²) in [6.45, 7) is 1.26. The smallest absolute Gasteiger partial charge is 0.166 e. The molecule has 0 unspecified atom stereocenters. The van der Waals surface area contributed by atoms with Gasteiger partial charge >= 0.3 is 0 Å². The van der Waals surface area contributed by atoms with E-state index in [-0.39, 0.29) is 6.04 Å². The molecule has 0 aromatic heterocycles. The Labute approximate surface area is 102 Å². The van der Waals surface area contributed by atoms with Gasteiger partial charge in [-0.25, -0.2) is 0 Å². The molecule has 3 heteroatoms. The Hall–Kier alpha value is -1.22. The molecule has 0 bridgehead atoms. The summed E-state index contributed by atoms with van der Waals surface area (Å²) < 4.78 is 11.3. The van der Waals surface area contributed by atoms with Crippen molar-refractivity contribution in [1.29, 1.82) is 0 Å². The quantitative estimate of drug-likeness (QED) is 0.854. The van der Waals surface area contributed by atoms with Crippen molar-refractivity contribution in [2.24, 2.45) is 11.7 Å². The fourth-order valence-electron chi connectivity index (χ4n) is 2.93. The summed E-state index contributed by atoms with van der Waals surface area (Å²) in [6.07, 6.45) is 5.10. The van der Waals surface area contributed by atoms with Crippen LogP contribution in [0.4, 0.5) is 0 Å². The highest BCUT2D eigenvalue weighted by Crippen LogP contribution is 2.42. The van der Waals surface area contributed by atoms with Gasteiger partial charge in [0, 0.05) is 11.6 Å². The van der Waals surface area contributed by atoms with Gasteiger partial charge in [0.1, 0.15) is 13.2 Å². The second-order valence-electron chi connectivity index (χ2n) is 4.94. The van der Waals surface area contributed by atoms with E-state index in [0.29, 0.717) is 19.1 Å². The molecule has 1 atom stereocenters. The Morgan fingerprint density at radius 2 is 1.88 bits per heavy atom. The van der Waals surface area contributed by atoms with Crippen molar-refractivity contribution in [3.8, 4) is 11.5 Å². The number of hydrogen-bond donors (Lipinski definition) is 1. The molecule has 17 heavy (non-hydrogen) atoms. The summed E-state index contributed by atoms with van der Waals surface area (Å²) in [7, 11) is 0. The lowest BCUT2D eigenvalue weighted by Crippen LogP contribution is -2.23. The van der Waals surface area contributed by atoms with E-state index >= 15 is 0 Å². The molecule has 92 valence electrons. The van der Waals surface area contributed by atoms with Crippen molar-refractivity contribution >= 4 is 0 Å². The SMILES string of the molecule is N[C@@H](c1cccc2c1OCCO2)C1CCCC1. The first-order valence-electron chi connectivity index (χ1n) is 6.50. The molecule has 1 aliphatic carbocycles. The number of hydrogen-bond acceptors (Lipinski definition) is 3. The van der Waals surface area contributed by atoms with Gasteiger partial charge in [-0.15, -0.1) is 0 Å². The topological polar surface area (TPSA) is 44.5 Å². The van der Waals surface area contributed by atoms with Crippen molar-refractivity contribution in [3.63, 3.8) is 0 Å². The summed E-state index contributed by atoms with van der Waals surface area (Å²) in [6, 6.07) is 6.14. The minimum absolute atomic E-state index is 0.0918. The van der Waals surface area contributed by atoms with Crippen LogP contribution in [0, 0.1) is 5.92 Å². The van der Waals surface area contributed by atoms with Crippen molar-refractivity contribution in [1.82, 2.24) is 0 Å². The van der Waals surface area contributed by atoms with Crippen LogP contribution < -0.4 is 15.2 Å². The van der Waals surface area contributed by atoms with Crippen LogP contribution in [-0.2, 0) is 0 Å². The molecular weight excluding hydrogens is 214 g/mol. The van der Waals surface area contributed by atoms with Gasteiger partial charge in [-0.05, 0) is 24.8 Å². The highest BCUT2D eigenvalue weighted by Gasteiger charge is 2.27. The van der Waals surface area contributed by atoms with Crippen LogP contribution >= 0.6 is 0 Å². The van der Waals surface area contributed by atoms with Crippen molar-refractivity contribution < 1.29 is 9.47 Å². The lowest BCUT2D eigenvalue weighted by Gasteiger charge is -2.26. The van der Waals surface area contributed by atoms with E-state index in [1.807, 2.05) is 12.1 Å². The van der Waals surface area contributed by atoms with E-state index in [0.717, 1.165) is 17.1 Å². The van der Waals surface area contributed by atoms with Gasteiger partial charge in [0.05, 0.1) is 0 Å². The zero-order chi connectivity index (χ0) is 11.7. The molecular formula is C14H19NO2. The van der Waals surface area contributed by atoms with Crippen LogP contribution in [-0.4, -0.2) is 13.2 Å². The first-order valence-corrected chi connectivity index (χ1v) is 6.50. The van der Waals surface area contributed by atoms with E-state index in [2.05, 4.69) is 6.07 Å². The Morgan fingerprint density at radius 3 is 2.71 bits per heavy atom. The highest BCUT2D eigenvalue weighted by atomic mass is 16.6. The number of nitrogens with two attached hydrogens (primary N) is 1. The van der Waals surface area contributed by atoms with Crippen molar-refractivity contribution in [2.45, 2.75) is 31.7 Å². The van der Waals surface area contributed by atoms with Gasteiger partial charge in [-0.1, -0.05) is 25.0 Å². The third-order valence-corrected chi connectivity index (χ3v) is 3.86. The largest absolute Gasteiger partial charge is 0.486 e. The van der Waals surface area contributed by atoms with Crippen LogP contribution in [0.5, 0.6) is 11.5 Å². The maximum Gasteiger partial charge on any atom is 0.166 e. The first-order chi connectivity index (χ1) is 8.36. The molecule has 1 fully saturated rings. The maximum absolute atomic E-state index is 6.39. The predicted octanol–water partition coefficient (Wildman–Crippen LogP) is 2.65. The molecule has 3 nitrogen and oxygen atoms in total. The highest BCUT2D eigenvalue weighted by molar-refractivity contribution is 5.49. The molecule has 3 rings (SSSR count). The molecule has 1 heterocycles. The molecule has 1 saturated carbocycles. The number of ether oxygens (including phenoxy) is 2. The van der Waals surface area contributed by atoms with Crippen molar-refractivity contribution in [3.05, 3.63) is 23.8 Å². The summed E-state index contributed by atoms with van der Waals surface area (Å²) in [5, 5.41) is 0. The molecule has 1 aromatic carbocycles. The van der Waals surface area contributed by atoms with Gasteiger partial charge in [0.15, 0.2) is 11.5 Å². The van der Waals surface area contributed by atoms with Gasteiger partial charge in [-0.3, -0.25) is 0 Å². The number of benzene rings is 1.